The minimum atomic E-state index is 0.173. The first-order chi connectivity index (χ1) is 8.22. The van der Waals surface area contributed by atoms with E-state index in [4.69, 9.17) is 9.47 Å². The molecule has 0 aliphatic rings. The van der Waals surface area contributed by atoms with Crippen LogP contribution in [0.15, 0.2) is 24.3 Å². The highest BCUT2D eigenvalue weighted by atomic mass is 16.5. The predicted molar refractivity (Wildman–Crippen MR) is 67.4 cm³/mol. The normalized spacial score (nSPS) is 10.2. The molecule has 94 valence electrons. The summed E-state index contributed by atoms with van der Waals surface area (Å²) in [6.45, 7) is 5.63. The summed E-state index contributed by atoms with van der Waals surface area (Å²) in [7, 11) is 0. The van der Waals surface area contributed by atoms with Crippen molar-refractivity contribution >= 4 is 5.78 Å². The van der Waals surface area contributed by atoms with Crippen molar-refractivity contribution < 1.29 is 14.3 Å². The lowest BCUT2D eigenvalue weighted by Crippen LogP contribution is -2.07. The molecule has 0 amide bonds. The topological polar surface area (TPSA) is 35.5 Å². The molecule has 0 saturated carbocycles. The average molecular weight is 236 g/mol. The minimum Gasteiger partial charge on any atom is -0.491 e. The third-order valence-corrected chi connectivity index (χ3v) is 2.22. The Kier molecular flexibility index (Phi) is 6.33. The predicted octanol–water partition coefficient (Wildman–Crippen LogP) is 2.62. The lowest BCUT2D eigenvalue weighted by Gasteiger charge is -2.07. The van der Waals surface area contributed by atoms with Gasteiger partial charge in [-0.05, 0) is 31.0 Å². The zero-order chi connectivity index (χ0) is 12.5. The third kappa shape index (κ3) is 6.07. The lowest BCUT2D eigenvalue weighted by molar-refractivity contribution is -0.116. The first kappa shape index (κ1) is 13.7. The van der Waals surface area contributed by atoms with Crippen LogP contribution in [0.5, 0.6) is 5.75 Å². The van der Waals surface area contributed by atoms with Crippen molar-refractivity contribution in [3.05, 3.63) is 29.8 Å². The molecule has 1 aromatic carbocycles. The number of rotatable bonds is 8. The number of ether oxygens (including phenoxy) is 2. The molecule has 0 heterocycles. The van der Waals surface area contributed by atoms with E-state index in [1.807, 2.05) is 24.3 Å². The summed E-state index contributed by atoms with van der Waals surface area (Å²) in [5, 5.41) is 0. The number of hydrogen-bond donors (Lipinski definition) is 0. The Labute approximate surface area is 103 Å². The van der Waals surface area contributed by atoms with E-state index in [0.717, 1.165) is 24.3 Å². The second-order valence-electron chi connectivity index (χ2n) is 3.98. The molecule has 0 unspecified atom stereocenters. The first-order valence-electron chi connectivity index (χ1n) is 6.01. The molecule has 0 aromatic heterocycles. The van der Waals surface area contributed by atoms with Crippen LogP contribution in [0.1, 0.15) is 25.8 Å². The van der Waals surface area contributed by atoms with E-state index >= 15 is 0 Å². The van der Waals surface area contributed by atoms with Crippen molar-refractivity contribution in [2.24, 2.45) is 0 Å². The fourth-order valence-electron chi connectivity index (χ4n) is 1.46. The molecular weight excluding hydrogens is 216 g/mol. The van der Waals surface area contributed by atoms with Gasteiger partial charge in [-0.25, -0.2) is 0 Å². The van der Waals surface area contributed by atoms with Crippen LogP contribution in [-0.2, 0) is 16.0 Å². The van der Waals surface area contributed by atoms with Crippen molar-refractivity contribution in [1.29, 1.82) is 0 Å². The molecule has 0 aliphatic heterocycles. The van der Waals surface area contributed by atoms with Crippen LogP contribution in [0.2, 0.25) is 0 Å². The summed E-state index contributed by atoms with van der Waals surface area (Å²) in [6.07, 6.45) is 1.51. The maximum absolute atomic E-state index is 10.9. The maximum atomic E-state index is 10.9. The molecule has 0 atom stereocenters. The maximum Gasteiger partial charge on any atom is 0.134 e. The molecule has 3 nitrogen and oxygen atoms in total. The number of carbonyl (C=O) groups excluding carboxylic acids is 1. The van der Waals surface area contributed by atoms with Crippen molar-refractivity contribution in [3.63, 3.8) is 0 Å². The molecule has 0 saturated heterocycles. The van der Waals surface area contributed by atoms with E-state index in [9.17, 15) is 4.79 Å². The Balaban J connectivity index is 2.28. The molecule has 1 rings (SSSR count). The highest BCUT2D eigenvalue weighted by Gasteiger charge is 1.98. The molecule has 3 heteroatoms. The Morgan fingerprint density at radius 1 is 1.12 bits per heavy atom. The van der Waals surface area contributed by atoms with Crippen LogP contribution in [0.25, 0.3) is 0 Å². The van der Waals surface area contributed by atoms with Gasteiger partial charge in [0.1, 0.15) is 18.1 Å². The van der Waals surface area contributed by atoms with Gasteiger partial charge in [0.15, 0.2) is 0 Å². The summed E-state index contributed by atoms with van der Waals surface area (Å²) >= 11 is 0. The van der Waals surface area contributed by atoms with Gasteiger partial charge in [0.25, 0.3) is 0 Å². The molecule has 17 heavy (non-hydrogen) atoms. The van der Waals surface area contributed by atoms with Crippen LogP contribution in [0.3, 0.4) is 0 Å². The Morgan fingerprint density at radius 2 is 1.82 bits per heavy atom. The number of benzene rings is 1. The number of carbonyl (C=O) groups is 1. The highest BCUT2D eigenvalue weighted by molar-refractivity contribution is 5.78. The zero-order valence-electron chi connectivity index (χ0n) is 10.6. The van der Waals surface area contributed by atoms with Crippen LogP contribution in [-0.4, -0.2) is 25.6 Å². The van der Waals surface area contributed by atoms with Crippen molar-refractivity contribution in [1.82, 2.24) is 0 Å². The van der Waals surface area contributed by atoms with E-state index in [-0.39, 0.29) is 5.78 Å². The van der Waals surface area contributed by atoms with Gasteiger partial charge in [0.05, 0.1) is 6.61 Å². The summed E-state index contributed by atoms with van der Waals surface area (Å²) < 4.78 is 10.8. The molecule has 0 bridgehead atoms. The van der Waals surface area contributed by atoms with Gasteiger partial charge < -0.3 is 9.47 Å². The summed E-state index contributed by atoms with van der Waals surface area (Å²) in [4.78, 5) is 10.9. The van der Waals surface area contributed by atoms with E-state index in [2.05, 4.69) is 6.92 Å². The average Bonchev–Trinajstić information content (AvgIpc) is 2.30. The van der Waals surface area contributed by atoms with Crippen LogP contribution < -0.4 is 4.74 Å². The summed E-state index contributed by atoms with van der Waals surface area (Å²) in [6, 6.07) is 7.61. The molecule has 0 fully saturated rings. The minimum absolute atomic E-state index is 0.173. The van der Waals surface area contributed by atoms with Crippen molar-refractivity contribution in [2.45, 2.75) is 26.7 Å². The second kappa shape index (κ2) is 7.85. The first-order valence-corrected chi connectivity index (χ1v) is 6.01. The Bertz CT molecular complexity index is 330. The lowest BCUT2D eigenvalue weighted by atomic mass is 10.1. The van der Waals surface area contributed by atoms with Crippen molar-refractivity contribution in [3.8, 4) is 5.75 Å². The molecule has 1 aromatic rings. The van der Waals surface area contributed by atoms with E-state index in [1.165, 1.54) is 0 Å². The quantitative estimate of drug-likeness (QED) is 0.651. The van der Waals surface area contributed by atoms with E-state index in [0.29, 0.717) is 19.6 Å². The number of hydrogen-bond acceptors (Lipinski definition) is 3. The molecule has 0 spiro atoms. The van der Waals surface area contributed by atoms with Gasteiger partial charge >= 0.3 is 0 Å². The van der Waals surface area contributed by atoms with Gasteiger partial charge in [-0.3, -0.25) is 4.79 Å². The zero-order valence-corrected chi connectivity index (χ0v) is 10.6. The standard InChI is InChI=1S/C14H20O3/c1-3-8-16-9-10-17-14-6-4-13(5-7-14)11-12(2)15/h4-7H,3,8-11H2,1-2H3. The SMILES string of the molecule is CCCOCCOc1ccc(CC(C)=O)cc1. The Hall–Kier alpha value is -1.35. The van der Waals surface area contributed by atoms with Crippen LogP contribution >= 0.6 is 0 Å². The number of ketones is 1. The van der Waals surface area contributed by atoms with Crippen LogP contribution in [0, 0.1) is 0 Å². The monoisotopic (exact) mass is 236 g/mol. The van der Waals surface area contributed by atoms with Crippen molar-refractivity contribution in [2.75, 3.05) is 19.8 Å². The fraction of sp³-hybridized carbons (Fsp3) is 0.500. The third-order valence-electron chi connectivity index (χ3n) is 2.22. The largest absolute Gasteiger partial charge is 0.491 e. The summed E-state index contributed by atoms with van der Waals surface area (Å²) in [5.41, 5.74) is 1.02. The summed E-state index contributed by atoms with van der Waals surface area (Å²) in [5.74, 6) is 0.990. The van der Waals surface area contributed by atoms with Gasteiger partial charge in [0, 0.05) is 13.0 Å². The fourth-order valence-corrected chi connectivity index (χ4v) is 1.46. The van der Waals surface area contributed by atoms with Gasteiger partial charge in [-0.2, -0.15) is 0 Å². The van der Waals surface area contributed by atoms with Crippen LogP contribution in [0.4, 0.5) is 0 Å². The smallest absolute Gasteiger partial charge is 0.134 e. The Morgan fingerprint density at radius 3 is 2.41 bits per heavy atom. The molecule has 0 aliphatic carbocycles. The van der Waals surface area contributed by atoms with E-state index in [1.54, 1.807) is 6.92 Å². The highest BCUT2D eigenvalue weighted by Crippen LogP contribution is 2.12. The van der Waals surface area contributed by atoms with Gasteiger partial charge in [-0.15, -0.1) is 0 Å². The van der Waals surface area contributed by atoms with E-state index < -0.39 is 0 Å². The van der Waals surface area contributed by atoms with Gasteiger partial charge in [0.2, 0.25) is 0 Å². The van der Waals surface area contributed by atoms with Gasteiger partial charge in [-0.1, -0.05) is 19.1 Å². The molecule has 0 N–H and O–H groups in total. The molecule has 0 radical (unpaired) electrons. The number of Topliss-reactive ketones (excluding diaryl/α,β-unsaturated/α-hetero) is 1. The second-order valence-corrected chi connectivity index (χ2v) is 3.98. The molecular formula is C14H20O3.